The van der Waals surface area contributed by atoms with Crippen molar-refractivity contribution in [2.45, 2.75) is 6.92 Å². The zero-order chi connectivity index (χ0) is 9.84. The van der Waals surface area contributed by atoms with Crippen LogP contribution in [0.4, 0.5) is 5.69 Å². The van der Waals surface area contributed by atoms with Crippen LogP contribution in [0, 0.1) is 13.7 Å². The van der Waals surface area contributed by atoms with Crippen LogP contribution in [-0.4, -0.2) is 11.5 Å². The lowest BCUT2D eigenvalue weighted by Crippen LogP contribution is -1.98. The molecule has 1 rings (SSSR count). The van der Waals surface area contributed by atoms with Gasteiger partial charge < -0.3 is 4.74 Å². The molecule has 0 fully saturated rings. The normalized spacial score (nSPS) is 9.69. The Labute approximate surface area is 89.2 Å². The van der Waals surface area contributed by atoms with Crippen molar-refractivity contribution >= 4 is 28.3 Å². The van der Waals surface area contributed by atoms with Crippen molar-refractivity contribution in [1.82, 2.24) is 0 Å². The van der Waals surface area contributed by atoms with Gasteiger partial charge in [-0.1, -0.05) is 6.07 Å². The summed E-state index contributed by atoms with van der Waals surface area (Å²) in [7, 11) is 0. The van der Waals surface area contributed by atoms with Crippen LogP contribution in [-0.2, 0) is 0 Å². The van der Waals surface area contributed by atoms with E-state index in [-0.39, 0.29) is 5.69 Å². The molecule has 0 aliphatic heterocycles. The number of hydrogen-bond acceptors (Lipinski definition) is 3. The van der Waals surface area contributed by atoms with E-state index < -0.39 is 4.92 Å². The number of para-hydroxylation sites is 1. The summed E-state index contributed by atoms with van der Waals surface area (Å²) in [5.74, 6) is 0.333. The van der Waals surface area contributed by atoms with Gasteiger partial charge in [-0.25, -0.2) is 0 Å². The van der Waals surface area contributed by atoms with E-state index in [9.17, 15) is 10.1 Å². The fraction of sp³-hybridized carbons (Fsp3) is 0.250. The van der Waals surface area contributed by atoms with E-state index in [2.05, 4.69) is 0 Å². The van der Waals surface area contributed by atoms with Gasteiger partial charge in [0.2, 0.25) is 0 Å². The van der Waals surface area contributed by atoms with E-state index in [1.165, 1.54) is 0 Å². The minimum Gasteiger partial charge on any atom is -0.487 e. The average molecular weight is 293 g/mol. The molecule has 1 aromatic carbocycles. The fourth-order valence-electron chi connectivity index (χ4n) is 0.945. The summed E-state index contributed by atoms with van der Waals surface area (Å²) < 4.78 is 5.72. The van der Waals surface area contributed by atoms with Crippen molar-refractivity contribution in [2.75, 3.05) is 6.61 Å². The van der Waals surface area contributed by atoms with Crippen LogP contribution in [0.5, 0.6) is 5.75 Å². The third-order valence-electron chi connectivity index (χ3n) is 1.43. The molecule has 0 saturated carbocycles. The molecule has 0 aromatic heterocycles. The number of nitro benzene ring substituents is 1. The first-order valence-electron chi connectivity index (χ1n) is 3.72. The number of hydrogen-bond donors (Lipinski definition) is 0. The molecule has 0 saturated heterocycles. The number of nitro groups is 1. The van der Waals surface area contributed by atoms with Crippen LogP contribution in [0.15, 0.2) is 18.2 Å². The minimum atomic E-state index is -0.424. The highest BCUT2D eigenvalue weighted by molar-refractivity contribution is 14.1. The predicted octanol–water partition coefficient (Wildman–Crippen LogP) is 2.60. The smallest absolute Gasteiger partial charge is 0.324 e. The molecule has 0 amide bonds. The average Bonchev–Trinajstić information content (AvgIpc) is 2.04. The molecular weight excluding hydrogens is 285 g/mol. The highest BCUT2D eigenvalue weighted by Crippen LogP contribution is 2.31. The van der Waals surface area contributed by atoms with Crippen molar-refractivity contribution in [3.05, 3.63) is 31.9 Å². The predicted molar refractivity (Wildman–Crippen MR) is 57.0 cm³/mol. The van der Waals surface area contributed by atoms with Crippen molar-refractivity contribution in [1.29, 1.82) is 0 Å². The van der Waals surface area contributed by atoms with Gasteiger partial charge in [0.25, 0.3) is 0 Å². The first-order chi connectivity index (χ1) is 6.16. The van der Waals surface area contributed by atoms with Gasteiger partial charge in [0.05, 0.1) is 15.1 Å². The SMILES string of the molecule is CCOc1cccc(I)c1[N+](=O)[O-]. The lowest BCUT2D eigenvalue weighted by molar-refractivity contribution is -0.386. The second-order valence-corrected chi connectivity index (χ2v) is 3.44. The Morgan fingerprint density at radius 1 is 1.62 bits per heavy atom. The summed E-state index contributed by atoms with van der Waals surface area (Å²) in [5.41, 5.74) is 0.0463. The maximum Gasteiger partial charge on any atom is 0.324 e. The molecule has 70 valence electrons. The molecule has 0 N–H and O–H groups in total. The maximum atomic E-state index is 10.6. The zero-order valence-corrected chi connectivity index (χ0v) is 9.15. The maximum absolute atomic E-state index is 10.6. The van der Waals surface area contributed by atoms with Gasteiger partial charge in [-0.05, 0) is 41.6 Å². The largest absolute Gasteiger partial charge is 0.487 e. The van der Waals surface area contributed by atoms with Crippen LogP contribution < -0.4 is 4.74 Å². The van der Waals surface area contributed by atoms with Crippen LogP contribution in [0.3, 0.4) is 0 Å². The third kappa shape index (κ3) is 2.30. The number of halogens is 1. The van der Waals surface area contributed by atoms with E-state index >= 15 is 0 Å². The van der Waals surface area contributed by atoms with Crippen molar-refractivity contribution in [2.24, 2.45) is 0 Å². The van der Waals surface area contributed by atoms with Gasteiger partial charge in [0, 0.05) is 0 Å². The van der Waals surface area contributed by atoms with E-state index in [0.717, 1.165) is 0 Å². The number of benzene rings is 1. The van der Waals surface area contributed by atoms with Crippen LogP contribution in [0.2, 0.25) is 0 Å². The molecule has 0 unspecified atom stereocenters. The Morgan fingerprint density at radius 3 is 2.85 bits per heavy atom. The van der Waals surface area contributed by atoms with Gasteiger partial charge in [-0.2, -0.15) is 0 Å². The molecule has 0 bridgehead atoms. The molecule has 0 heterocycles. The molecule has 0 radical (unpaired) electrons. The molecule has 0 aliphatic rings. The first-order valence-corrected chi connectivity index (χ1v) is 4.80. The number of nitrogens with zero attached hydrogens (tertiary/aromatic N) is 1. The van der Waals surface area contributed by atoms with Gasteiger partial charge in [0.1, 0.15) is 0 Å². The summed E-state index contributed by atoms with van der Waals surface area (Å²) in [6, 6.07) is 5.02. The van der Waals surface area contributed by atoms with Gasteiger partial charge in [-0.15, -0.1) is 0 Å². The Kier molecular flexibility index (Phi) is 3.47. The summed E-state index contributed by atoms with van der Waals surface area (Å²) in [6.45, 7) is 2.23. The Hall–Kier alpha value is -0.850. The van der Waals surface area contributed by atoms with Crippen molar-refractivity contribution < 1.29 is 9.66 Å². The molecule has 13 heavy (non-hydrogen) atoms. The zero-order valence-electron chi connectivity index (χ0n) is 6.99. The topological polar surface area (TPSA) is 52.4 Å². The third-order valence-corrected chi connectivity index (χ3v) is 2.30. The van der Waals surface area contributed by atoms with E-state index in [0.29, 0.717) is 15.9 Å². The van der Waals surface area contributed by atoms with Crippen LogP contribution in [0.25, 0.3) is 0 Å². The molecule has 0 atom stereocenters. The highest BCUT2D eigenvalue weighted by Gasteiger charge is 2.18. The van der Waals surface area contributed by atoms with Crippen LogP contribution in [0.1, 0.15) is 6.92 Å². The second kappa shape index (κ2) is 4.40. The summed E-state index contributed by atoms with van der Waals surface area (Å²) in [4.78, 5) is 10.2. The standard InChI is InChI=1S/C8H8INO3/c1-2-13-7-5-3-4-6(9)8(7)10(11)12/h3-5H,2H2,1H3. The Bertz CT molecular complexity index is 327. The monoisotopic (exact) mass is 293 g/mol. The Morgan fingerprint density at radius 2 is 2.31 bits per heavy atom. The highest BCUT2D eigenvalue weighted by atomic mass is 127. The molecule has 0 spiro atoms. The fourth-order valence-corrected chi connectivity index (χ4v) is 1.62. The molecular formula is C8H8INO3. The van der Waals surface area contributed by atoms with E-state index in [4.69, 9.17) is 4.74 Å². The summed E-state index contributed by atoms with van der Waals surface area (Å²) in [6.07, 6.45) is 0. The van der Waals surface area contributed by atoms with Crippen LogP contribution >= 0.6 is 22.6 Å². The van der Waals surface area contributed by atoms with Crippen molar-refractivity contribution in [3.8, 4) is 5.75 Å². The summed E-state index contributed by atoms with van der Waals surface area (Å²) >= 11 is 1.92. The molecule has 4 nitrogen and oxygen atoms in total. The van der Waals surface area contributed by atoms with E-state index in [1.807, 2.05) is 22.6 Å². The lowest BCUT2D eigenvalue weighted by atomic mass is 10.3. The quantitative estimate of drug-likeness (QED) is 0.489. The second-order valence-electron chi connectivity index (χ2n) is 2.28. The number of rotatable bonds is 3. The first kappa shape index (κ1) is 10.2. The lowest BCUT2D eigenvalue weighted by Gasteiger charge is -2.04. The summed E-state index contributed by atoms with van der Waals surface area (Å²) in [5, 5.41) is 10.6. The van der Waals surface area contributed by atoms with E-state index in [1.54, 1.807) is 25.1 Å². The molecule has 5 heteroatoms. The Balaban J connectivity index is 3.17. The van der Waals surface area contributed by atoms with Gasteiger partial charge in [-0.3, -0.25) is 10.1 Å². The molecule has 0 aliphatic carbocycles. The van der Waals surface area contributed by atoms with Gasteiger partial charge >= 0.3 is 5.69 Å². The minimum absolute atomic E-state index is 0.0463. The van der Waals surface area contributed by atoms with Crippen molar-refractivity contribution in [3.63, 3.8) is 0 Å². The number of ether oxygens (including phenoxy) is 1. The molecule has 1 aromatic rings. The van der Waals surface area contributed by atoms with Gasteiger partial charge in [0.15, 0.2) is 5.75 Å².